The van der Waals surface area contributed by atoms with Crippen molar-refractivity contribution in [3.8, 4) is 5.75 Å². The van der Waals surface area contributed by atoms with Gasteiger partial charge in [-0.05, 0) is 38.8 Å². The lowest BCUT2D eigenvalue weighted by molar-refractivity contribution is 0.0437. The minimum Gasteiger partial charge on any atom is -0.487 e. The lowest BCUT2D eigenvalue weighted by Crippen LogP contribution is -2.42. The van der Waals surface area contributed by atoms with Crippen molar-refractivity contribution in [2.24, 2.45) is 5.92 Å². The molecule has 1 aromatic carbocycles. The fraction of sp³-hybridized carbons (Fsp3) is 0.647. The molecule has 1 N–H and O–H groups in total. The lowest BCUT2D eigenvalue weighted by Gasteiger charge is -2.40. The molecule has 1 aliphatic rings. The number of benzene rings is 1. The quantitative estimate of drug-likeness (QED) is 0.875. The van der Waals surface area contributed by atoms with Crippen molar-refractivity contribution in [2.45, 2.75) is 59.1 Å². The van der Waals surface area contributed by atoms with Crippen LogP contribution in [-0.2, 0) is 0 Å². The Hall–Kier alpha value is -1.02. The molecule has 2 heteroatoms. The second-order valence-electron chi connectivity index (χ2n) is 6.51. The summed E-state index contributed by atoms with van der Waals surface area (Å²) in [5.41, 5.74) is 2.59. The number of fused-ring (bicyclic) bond motifs is 1. The third-order valence-corrected chi connectivity index (χ3v) is 4.05. The Labute approximate surface area is 117 Å². The zero-order chi connectivity index (χ0) is 14.0. The topological polar surface area (TPSA) is 21.3 Å². The van der Waals surface area contributed by atoms with Crippen LogP contribution in [-0.4, -0.2) is 12.1 Å². The van der Waals surface area contributed by atoms with Crippen LogP contribution >= 0.6 is 0 Å². The molecule has 0 saturated heterocycles. The molecule has 0 radical (unpaired) electrons. The Bertz CT molecular complexity index is 441. The van der Waals surface area contributed by atoms with Crippen LogP contribution in [0.5, 0.6) is 5.75 Å². The zero-order valence-electron chi connectivity index (χ0n) is 12.9. The Kier molecular flexibility index (Phi) is 4.19. The molecule has 1 aliphatic heterocycles. The summed E-state index contributed by atoms with van der Waals surface area (Å²) < 4.78 is 6.22. The maximum Gasteiger partial charge on any atom is 0.124 e. The first-order valence-corrected chi connectivity index (χ1v) is 7.46. The fourth-order valence-electron chi connectivity index (χ4n) is 2.66. The first-order chi connectivity index (χ1) is 8.93. The SMILES string of the molecule is CCC1(C)CC(NCC(C)C)c2cc(C)ccc2O1. The van der Waals surface area contributed by atoms with Gasteiger partial charge in [-0.3, -0.25) is 0 Å². The summed E-state index contributed by atoms with van der Waals surface area (Å²) in [7, 11) is 0. The molecule has 0 spiro atoms. The standard InChI is InChI=1S/C17H27NO/c1-6-17(5)10-15(18-11-12(2)3)14-9-13(4)7-8-16(14)19-17/h7-9,12,15,18H,6,10-11H2,1-5H3. The van der Waals surface area contributed by atoms with Crippen LogP contribution < -0.4 is 10.1 Å². The van der Waals surface area contributed by atoms with Gasteiger partial charge in [0.2, 0.25) is 0 Å². The molecule has 0 saturated carbocycles. The van der Waals surface area contributed by atoms with Gasteiger partial charge in [0.25, 0.3) is 0 Å². The zero-order valence-corrected chi connectivity index (χ0v) is 12.9. The molecule has 0 aliphatic carbocycles. The maximum absolute atomic E-state index is 6.22. The third-order valence-electron chi connectivity index (χ3n) is 4.05. The van der Waals surface area contributed by atoms with Gasteiger partial charge in [-0.25, -0.2) is 0 Å². The van der Waals surface area contributed by atoms with E-state index in [9.17, 15) is 0 Å². The fourth-order valence-corrected chi connectivity index (χ4v) is 2.66. The normalized spacial score (nSPS) is 26.1. The van der Waals surface area contributed by atoms with E-state index in [4.69, 9.17) is 4.74 Å². The number of hydrogen-bond acceptors (Lipinski definition) is 2. The number of hydrogen-bond donors (Lipinski definition) is 1. The van der Waals surface area contributed by atoms with E-state index in [1.807, 2.05) is 0 Å². The molecule has 2 atom stereocenters. The molecule has 106 valence electrons. The second kappa shape index (κ2) is 5.54. The molecule has 2 unspecified atom stereocenters. The van der Waals surface area contributed by atoms with Gasteiger partial charge in [0.15, 0.2) is 0 Å². The monoisotopic (exact) mass is 261 g/mol. The highest BCUT2D eigenvalue weighted by Gasteiger charge is 2.35. The van der Waals surface area contributed by atoms with Crippen molar-refractivity contribution in [3.05, 3.63) is 29.3 Å². The van der Waals surface area contributed by atoms with E-state index in [0.29, 0.717) is 12.0 Å². The summed E-state index contributed by atoms with van der Waals surface area (Å²) in [6.45, 7) is 12.1. The average Bonchev–Trinajstić information content (AvgIpc) is 2.36. The van der Waals surface area contributed by atoms with Crippen LogP contribution in [0.15, 0.2) is 18.2 Å². The number of aryl methyl sites for hydroxylation is 1. The predicted molar refractivity (Wildman–Crippen MR) is 80.7 cm³/mol. The van der Waals surface area contributed by atoms with E-state index >= 15 is 0 Å². The van der Waals surface area contributed by atoms with Gasteiger partial charge in [0.1, 0.15) is 11.4 Å². The van der Waals surface area contributed by atoms with Crippen LogP contribution in [0.3, 0.4) is 0 Å². The van der Waals surface area contributed by atoms with Crippen molar-refractivity contribution in [1.82, 2.24) is 5.32 Å². The molecule has 2 rings (SSSR count). The summed E-state index contributed by atoms with van der Waals surface area (Å²) in [5, 5.41) is 3.71. The van der Waals surface area contributed by atoms with Crippen LogP contribution in [0.4, 0.5) is 0 Å². The molecule has 0 fully saturated rings. The van der Waals surface area contributed by atoms with Crippen LogP contribution in [0.1, 0.15) is 57.7 Å². The Morgan fingerprint density at radius 1 is 1.42 bits per heavy atom. The van der Waals surface area contributed by atoms with Gasteiger partial charge in [0, 0.05) is 18.0 Å². The summed E-state index contributed by atoms with van der Waals surface area (Å²) >= 11 is 0. The first-order valence-electron chi connectivity index (χ1n) is 7.46. The second-order valence-corrected chi connectivity index (χ2v) is 6.51. The van der Waals surface area contributed by atoms with Crippen molar-refractivity contribution < 1.29 is 4.74 Å². The van der Waals surface area contributed by atoms with Crippen molar-refractivity contribution in [2.75, 3.05) is 6.54 Å². The third kappa shape index (κ3) is 3.30. The van der Waals surface area contributed by atoms with E-state index in [1.54, 1.807) is 0 Å². The highest BCUT2D eigenvalue weighted by Crippen LogP contribution is 2.41. The largest absolute Gasteiger partial charge is 0.487 e. The van der Waals surface area contributed by atoms with Gasteiger partial charge < -0.3 is 10.1 Å². The molecule has 0 bridgehead atoms. The molecule has 19 heavy (non-hydrogen) atoms. The van der Waals surface area contributed by atoms with Crippen molar-refractivity contribution >= 4 is 0 Å². The number of ether oxygens (including phenoxy) is 1. The van der Waals surface area contributed by atoms with E-state index in [1.165, 1.54) is 11.1 Å². The van der Waals surface area contributed by atoms with Gasteiger partial charge >= 0.3 is 0 Å². The van der Waals surface area contributed by atoms with Gasteiger partial charge in [-0.2, -0.15) is 0 Å². The highest BCUT2D eigenvalue weighted by atomic mass is 16.5. The van der Waals surface area contributed by atoms with Gasteiger partial charge in [-0.1, -0.05) is 38.5 Å². The minimum atomic E-state index is -0.0447. The van der Waals surface area contributed by atoms with Crippen LogP contribution in [0.25, 0.3) is 0 Å². The van der Waals surface area contributed by atoms with Gasteiger partial charge in [0.05, 0.1) is 0 Å². The number of rotatable bonds is 4. The lowest BCUT2D eigenvalue weighted by atomic mass is 9.86. The van der Waals surface area contributed by atoms with E-state index in [-0.39, 0.29) is 5.60 Å². The molecule has 0 aromatic heterocycles. The number of nitrogens with one attached hydrogen (secondary N) is 1. The van der Waals surface area contributed by atoms with Crippen molar-refractivity contribution in [1.29, 1.82) is 0 Å². The Morgan fingerprint density at radius 3 is 2.79 bits per heavy atom. The summed E-state index contributed by atoms with van der Waals surface area (Å²) in [4.78, 5) is 0. The van der Waals surface area contributed by atoms with Crippen molar-refractivity contribution in [3.63, 3.8) is 0 Å². The average molecular weight is 261 g/mol. The van der Waals surface area contributed by atoms with Crippen LogP contribution in [0, 0.1) is 12.8 Å². The maximum atomic E-state index is 6.22. The predicted octanol–water partition coefficient (Wildman–Crippen LogP) is 4.23. The van der Waals surface area contributed by atoms with E-state index in [2.05, 4.69) is 58.1 Å². The highest BCUT2D eigenvalue weighted by molar-refractivity contribution is 5.41. The summed E-state index contributed by atoms with van der Waals surface area (Å²) in [6, 6.07) is 6.94. The molecular weight excluding hydrogens is 234 g/mol. The Morgan fingerprint density at radius 2 is 2.16 bits per heavy atom. The van der Waals surface area contributed by atoms with Gasteiger partial charge in [-0.15, -0.1) is 0 Å². The first kappa shape index (κ1) is 14.4. The molecule has 1 heterocycles. The Balaban J connectivity index is 2.28. The summed E-state index contributed by atoms with van der Waals surface area (Å²) in [6.07, 6.45) is 2.09. The van der Waals surface area contributed by atoms with E-state index < -0.39 is 0 Å². The molecule has 2 nitrogen and oxygen atoms in total. The molecule has 0 amide bonds. The smallest absolute Gasteiger partial charge is 0.124 e. The summed E-state index contributed by atoms with van der Waals surface area (Å²) in [5.74, 6) is 1.73. The van der Waals surface area contributed by atoms with Crippen LogP contribution in [0.2, 0.25) is 0 Å². The van der Waals surface area contributed by atoms with E-state index in [0.717, 1.165) is 25.1 Å². The minimum absolute atomic E-state index is 0.0447. The molecular formula is C17H27NO. The molecule has 1 aromatic rings.